The molecule has 1 N–H and O–H groups in total. The van der Waals surface area contributed by atoms with Crippen molar-refractivity contribution in [2.75, 3.05) is 11.9 Å². The lowest BCUT2D eigenvalue weighted by atomic mass is 10.2. The van der Waals surface area contributed by atoms with E-state index in [0.717, 1.165) is 11.3 Å². The minimum Gasteiger partial charge on any atom is -0.327 e. The third-order valence-corrected chi connectivity index (χ3v) is 4.18. The van der Waals surface area contributed by atoms with E-state index >= 15 is 0 Å². The van der Waals surface area contributed by atoms with Gasteiger partial charge in [-0.2, -0.15) is 0 Å². The number of carbonyl (C=O) groups excluding carboxylic acids is 2. The highest BCUT2D eigenvalue weighted by molar-refractivity contribution is 7.13. The second kappa shape index (κ2) is 8.40. The summed E-state index contributed by atoms with van der Waals surface area (Å²) in [6.07, 6.45) is 3.25. The van der Waals surface area contributed by atoms with E-state index in [4.69, 9.17) is 0 Å². The van der Waals surface area contributed by atoms with Crippen molar-refractivity contribution in [3.05, 3.63) is 53.0 Å². The fourth-order valence-corrected chi connectivity index (χ4v) is 2.77. The Bertz CT molecular complexity index is 723. The van der Waals surface area contributed by atoms with Crippen LogP contribution in [0.4, 0.5) is 5.13 Å². The quantitative estimate of drug-likeness (QED) is 0.818. The Labute approximate surface area is 146 Å². The van der Waals surface area contributed by atoms with Gasteiger partial charge in [-0.15, -0.1) is 11.3 Å². The Balaban J connectivity index is 1.99. The third kappa shape index (κ3) is 5.31. The van der Waals surface area contributed by atoms with Crippen LogP contribution in [0.2, 0.25) is 0 Å². The zero-order valence-corrected chi connectivity index (χ0v) is 14.8. The van der Waals surface area contributed by atoms with E-state index in [1.165, 1.54) is 22.3 Å². The van der Waals surface area contributed by atoms with Gasteiger partial charge in [0.1, 0.15) is 6.54 Å². The number of hydrogen-bond donors (Lipinski definition) is 1. The minimum atomic E-state index is -0.250. The molecular weight excluding hydrogens is 322 g/mol. The van der Waals surface area contributed by atoms with Gasteiger partial charge in [0.25, 0.3) is 0 Å². The van der Waals surface area contributed by atoms with Crippen LogP contribution in [0.1, 0.15) is 25.1 Å². The van der Waals surface area contributed by atoms with Gasteiger partial charge >= 0.3 is 0 Å². The standard InChI is InChI=1S/C18H21N3O2S/c1-13(2)21(11-16(22)20-18-19-14(3)12-24-18)17(23)10-9-15-7-5-4-6-8-15/h4-10,12-13H,11H2,1-3H3,(H,19,20,22). The van der Waals surface area contributed by atoms with Crippen molar-refractivity contribution in [1.29, 1.82) is 0 Å². The van der Waals surface area contributed by atoms with Crippen molar-refractivity contribution >= 4 is 34.4 Å². The van der Waals surface area contributed by atoms with Gasteiger partial charge in [-0.1, -0.05) is 30.3 Å². The van der Waals surface area contributed by atoms with Crippen LogP contribution in [0.3, 0.4) is 0 Å². The lowest BCUT2D eigenvalue weighted by Crippen LogP contribution is -2.41. The maximum atomic E-state index is 12.4. The fourth-order valence-electron chi connectivity index (χ4n) is 2.07. The van der Waals surface area contributed by atoms with Crippen LogP contribution in [0.5, 0.6) is 0 Å². The van der Waals surface area contributed by atoms with E-state index in [1.54, 1.807) is 6.08 Å². The fraction of sp³-hybridized carbons (Fsp3) is 0.278. The summed E-state index contributed by atoms with van der Waals surface area (Å²) in [5.74, 6) is -0.446. The molecule has 0 aliphatic heterocycles. The van der Waals surface area contributed by atoms with Crippen molar-refractivity contribution in [3.63, 3.8) is 0 Å². The molecule has 0 fully saturated rings. The Kier molecular flexibility index (Phi) is 6.26. The summed E-state index contributed by atoms with van der Waals surface area (Å²) in [4.78, 5) is 30.3. The van der Waals surface area contributed by atoms with Crippen LogP contribution in [-0.4, -0.2) is 34.3 Å². The molecule has 2 aromatic rings. The molecule has 0 aliphatic rings. The number of rotatable bonds is 6. The molecule has 2 amide bonds. The summed E-state index contributed by atoms with van der Waals surface area (Å²) >= 11 is 1.37. The number of thiazole rings is 1. The number of amides is 2. The van der Waals surface area contributed by atoms with Gasteiger partial charge in [-0.3, -0.25) is 9.59 Å². The molecule has 2 rings (SSSR count). The van der Waals surface area contributed by atoms with E-state index in [1.807, 2.05) is 56.5 Å². The first kappa shape index (κ1) is 17.9. The molecule has 0 radical (unpaired) electrons. The van der Waals surface area contributed by atoms with Crippen molar-refractivity contribution in [2.24, 2.45) is 0 Å². The molecule has 0 unspecified atom stereocenters. The molecule has 1 heterocycles. The lowest BCUT2D eigenvalue weighted by molar-refractivity contribution is -0.132. The zero-order chi connectivity index (χ0) is 17.5. The van der Waals surface area contributed by atoms with Crippen molar-refractivity contribution in [2.45, 2.75) is 26.8 Å². The lowest BCUT2D eigenvalue weighted by Gasteiger charge is -2.24. The molecule has 0 saturated heterocycles. The Morgan fingerprint density at radius 3 is 2.58 bits per heavy atom. The molecule has 0 bridgehead atoms. The Hall–Kier alpha value is -2.47. The molecule has 126 valence electrons. The average molecular weight is 343 g/mol. The van der Waals surface area contributed by atoms with Gasteiger partial charge in [0, 0.05) is 17.5 Å². The Morgan fingerprint density at radius 1 is 1.29 bits per heavy atom. The van der Waals surface area contributed by atoms with E-state index in [9.17, 15) is 9.59 Å². The number of nitrogens with zero attached hydrogens (tertiary/aromatic N) is 2. The third-order valence-electron chi connectivity index (χ3n) is 3.30. The van der Waals surface area contributed by atoms with Crippen molar-refractivity contribution < 1.29 is 9.59 Å². The van der Waals surface area contributed by atoms with Crippen LogP contribution in [0.15, 0.2) is 41.8 Å². The molecule has 1 aromatic carbocycles. The molecule has 0 saturated carbocycles. The van der Waals surface area contributed by atoms with E-state index < -0.39 is 0 Å². The van der Waals surface area contributed by atoms with Crippen LogP contribution >= 0.6 is 11.3 Å². The number of aryl methyl sites for hydroxylation is 1. The molecular formula is C18H21N3O2S. The molecule has 6 heteroatoms. The summed E-state index contributed by atoms with van der Waals surface area (Å²) < 4.78 is 0. The minimum absolute atomic E-state index is 0.00570. The highest BCUT2D eigenvalue weighted by Crippen LogP contribution is 2.14. The second-order valence-electron chi connectivity index (χ2n) is 5.65. The molecule has 0 spiro atoms. The maximum absolute atomic E-state index is 12.4. The summed E-state index contributed by atoms with van der Waals surface area (Å²) in [5, 5.41) is 5.14. The number of anilines is 1. The van der Waals surface area contributed by atoms with E-state index in [0.29, 0.717) is 5.13 Å². The normalized spacial score (nSPS) is 11.0. The smallest absolute Gasteiger partial charge is 0.247 e. The van der Waals surface area contributed by atoms with Crippen LogP contribution in [0.25, 0.3) is 6.08 Å². The summed E-state index contributed by atoms with van der Waals surface area (Å²) in [5.41, 5.74) is 1.80. The molecule has 0 aliphatic carbocycles. The summed E-state index contributed by atoms with van der Waals surface area (Å²) in [7, 11) is 0. The average Bonchev–Trinajstić information content (AvgIpc) is 2.96. The van der Waals surface area contributed by atoms with Gasteiger partial charge < -0.3 is 10.2 Å². The van der Waals surface area contributed by atoms with Gasteiger partial charge in [0.2, 0.25) is 11.8 Å². The molecule has 0 atom stereocenters. The largest absolute Gasteiger partial charge is 0.327 e. The molecule has 1 aromatic heterocycles. The zero-order valence-electron chi connectivity index (χ0n) is 14.0. The monoisotopic (exact) mass is 343 g/mol. The van der Waals surface area contributed by atoms with Crippen LogP contribution in [-0.2, 0) is 9.59 Å². The highest BCUT2D eigenvalue weighted by atomic mass is 32.1. The number of aromatic nitrogens is 1. The molecule has 24 heavy (non-hydrogen) atoms. The van der Waals surface area contributed by atoms with Crippen LogP contribution in [0, 0.1) is 6.92 Å². The number of nitrogens with one attached hydrogen (secondary N) is 1. The van der Waals surface area contributed by atoms with Gasteiger partial charge in [-0.25, -0.2) is 4.98 Å². The predicted molar refractivity (Wildman–Crippen MR) is 97.8 cm³/mol. The first-order valence-corrected chi connectivity index (χ1v) is 8.59. The van der Waals surface area contributed by atoms with Gasteiger partial charge in [0.15, 0.2) is 5.13 Å². The van der Waals surface area contributed by atoms with Gasteiger partial charge in [-0.05, 0) is 32.4 Å². The second-order valence-corrected chi connectivity index (χ2v) is 6.50. The summed E-state index contributed by atoms with van der Waals surface area (Å²) in [6.45, 7) is 5.63. The first-order valence-electron chi connectivity index (χ1n) is 7.71. The molecule has 5 nitrogen and oxygen atoms in total. The van der Waals surface area contributed by atoms with Crippen molar-refractivity contribution in [1.82, 2.24) is 9.88 Å². The van der Waals surface area contributed by atoms with E-state index in [2.05, 4.69) is 10.3 Å². The van der Waals surface area contributed by atoms with Gasteiger partial charge in [0.05, 0.1) is 5.69 Å². The first-order chi connectivity index (χ1) is 11.5. The number of benzene rings is 1. The number of carbonyl (C=O) groups is 2. The maximum Gasteiger partial charge on any atom is 0.247 e. The number of hydrogen-bond acceptors (Lipinski definition) is 4. The topological polar surface area (TPSA) is 62.3 Å². The van der Waals surface area contributed by atoms with E-state index in [-0.39, 0.29) is 24.4 Å². The van der Waals surface area contributed by atoms with Crippen LogP contribution < -0.4 is 5.32 Å². The van der Waals surface area contributed by atoms with Crippen molar-refractivity contribution in [3.8, 4) is 0 Å². The Morgan fingerprint density at radius 2 is 2.00 bits per heavy atom. The predicted octanol–water partition coefficient (Wildman–Crippen LogP) is 3.34. The SMILES string of the molecule is Cc1csc(NC(=O)CN(C(=O)C=Cc2ccccc2)C(C)C)n1. The summed E-state index contributed by atoms with van der Waals surface area (Å²) in [6, 6.07) is 9.50. The highest BCUT2D eigenvalue weighted by Gasteiger charge is 2.18.